The number of allylic oxidation sites excluding steroid dienone is 2. The first kappa shape index (κ1) is 22.6. The molecule has 140 valence electrons. The van der Waals surface area contributed by atoms with E-state index in [9.17, 15) is 14.9 Å². The minimum absolute atomic E-state index is 0.231. The summed E-state index contributed by atoms with van der Waals surface area (Å²) in [4.78, 5) is 21.7. The zero-order valence-corrected chi connectivity index (χ0v) is 15.6. The fourth-order valence-electron chi connectivity index (χ4n) is 2.68. The summed E-state index contributed by atoms with van der Waals surface area (Å²) in [7, 11) is 1.33. The Morgan fingerprint density at radius 1 is 0.917 bits per heavy atom. The summed E-state index contributed by atoms with van der Waals surface area (Å²) in [5, 5.41) is 11.0. The van der Waals surface area contributed by atoms with Crippen LogP contribution in [0.2, 0.25) is 0 Å². The van der Waals surface area contributed by atoms with Crippen molar-refractivity contribution in [1.82, 2.24) is 0 Å². The minimum Gasteiger partial charge on any atom is -0.469 e. The number of nitro groups is 1. The topological polar surface area (TPSA) is 69.4 Å². The fourth-order valence-corrected chi connectivity index (χ4v) is 2.68. The molecule has 0 rings (SSSR count). The van der Waals surface area contributed by atoms with Gasteiger partial charge in [-0.05, 0) is 25.3 Å². The first-order valence-electron chi connectivity index (χ1n) is 9.52. The van der Waals surface area contributed by atoms with Gasteiger partial charge in [0.25, 0.3) is 0 Å². The van der Waals surface area contributed by atoms with E-state index in [1.54, 1.807) is 6.08 Å². The summed E-state index contributed by atoms with van der Waals surface area (Å²) in [5.74, 6) is -0.313. The Hall–Kier alpha value is -1.39. The quantitative estimate of drug-likeness (QED) is 0.154. The van der Waals surface area contributed by atoms with Crippen LogP contribution in [-0.2, 0) is 9.53 Å². The van der Waals surface area contributed by atoms with E-state index in [1.165, 1.54) is 58.5 Å². The second kappa shape index (κ2) is 16.5. The average molecular weight is 341 g/mol. The lowest BCUT2D eigenvalue weighted by Crippen LogP contribution is -2.03. The van der Waals surface area contributed by atoms with Gasteiger partial charge in [0.15, 0.2) is 0 Å². The number of nitrogens with zero attached hydrogens (tertiary/aromatic N) is 1. The molecule has 5 nitrogen and oxygen atoms in total. The van der Waals surface area contributed by atoms with E-state index in [0.717, 1.165) is 19.3 Å². The Labute approximate surface area is 147 Å². The molecule has 0 aromatic rings. The van der Waals surface area contributed by atoms with Crippen LogP contribution in [0.25, 0.3) is 0 Å². The largest absolute Gasteiger partial charge is 0.469 e. The molecule has 0 N–H and O–H groups in total. The van der Waals surface area contributed by atoms with E-state index in [1.807, 2.05) is 0 Å². The van der Waals surface area contributed by atoms with Crippen molar-refractivity contribution in [3.63, 3.8) is 0 Å². The molecule has 5 heteroatoms. The molecule has 0 saturated carbocycles. The molecule has 0 saturated heterocycles. The average Bonchev–Trinajstić information content (AvgIpc) is 2.57. The molecule has 0 aliphatic carbocycles. The fraction of sp³-hybridized carbons (Fsp3) is 0.842. The number of unbranched alkanes of at least 4 members (excludes halogenated alkanes) is 10. The van der Waals surface area contributed by atoms with Crippen molar-refractivity contribution in [2.45, 2.75) is 96.8 Å². The van der Waals surface area contributed by atoms with E-state index in [4.69, 9.17) is 0 Å². The molecule has 0 spiro atoms. The molecule has 0 radical (unpaired) electrons. The van der Waals surface area contributed by atoms with Crippen LogP contribution in [0, 0.1) is 10.1 Å². The number of hydrogen-bond donors (Lipinski definition) is 0. The van der Waals surface area contributed by atoms with Gasteiger partial charge >= 0.3 is 5.97 Å². The van der Waals surface area contributed by atoms with E-state index in [2.05, 4.69) is 11.7 Å². The monoisotopic (exact) mass is 341 g/mol. The highest BCUT2D eigenvalue weighted by molar-refractivity contribution is 5.69. The van der Waals surface area contributed by atoms with E-state index >= 15 is 0 Å². The maximum Gasteiger partial charge on any atom is 0.305 e. The van der Waals surface area contributed by atoms with Crippen molar-refractivity contribution in [3.05, 3.63) is 21.9 Å². The summed E-state index contributed by atoms with van der Waals surface area (Å²) < 4.78 is 4.54. The zero-order chi connectivity index (χ0) is 18.0. The molecule has 0 atom stereocenters. The van der Waals surface area contributed by atoms with Crippen LogP contribution in [0.15, 0.2) is 11.8 Å². The summed E-state index contributed by atoms with van der Waals surface area (Å²) in [5.41, 5.74) is 0.231. The maximum atomic E-state index is 11.0. The normalized spacial score (nSPS) is 11.5. The van der Waals surface area contributed by atoms with Gasteiger partial charge < -0.3 is 4.74 Å². The number of esters is 1. The molecule has 0 unspecified atom stereocenters. The van der Waals surface area contributed by atoms with Gasteiger partial charge in [-0.2, -0.15) is 0 Å². The predicted octanol–water partition coefficient (Wildman–Crippen LogP) is 5.80. The number of ether oxygens (including phenoxy) is 1. The van der Waals surface area contributed by atoms with E-state index < -0.39 is 0 Å². The molecule has 0 heterocycles. The van der Waals surface area contributed by atoms with Crippen molar-refractivity contribution >= 4 is 5.97 Å². The van der Waals surface area contributed by atoms with Crippen LogP contribution >= 0.6 is 0 Å². The smallest absolute Gasteiger partial charge is 0.305 e. The number of methoxy groups -OCH3 is 1. The molecule has 0 amide bonds. The van der Waals surface area contributed by atoms with Gasteiger partial charge in [0, 0.05) is 12.8 Å². The number of hydrogen-bond acceptors (Lipinski definition) is 4. The molecule has 0 aromatic heterocycles. The third kappa shape index (κ3) is 14.2. The van der Waals surface area contributed by atoms with Crippen molar-refractivity contribution < 1.29 is 14.5 Å². The van der Waals surface area contributed by atoms with Gasteiger partial charge in [0.1, 0.15) is 0 Å². The maximum absolute atomic E-state index is 11.0. The molecule has 0 bridgehead atoms. The Kier molecular flexibility index (Phi) is 15.5. The van der Waals surface area contributed by atoms with Gasteiger partial charge in [0.2, 0.25) is 5.70 Å². The molecular weight excluding hydrogens is 306 g/mol. The van der Waals surface area contributed by atoms with Crippen LogP contribution in [-0.4, -0.2) is 18.0 Å². The van der Waals surface area contributed by atoms with Gasteiger partial charge in [-0.3, -0.25) is 14.9 Å². The van der Waals surface area contributed by atoms with Crippen molar-refractivity contribution in [3.8, 4) is 0 Å². The minimum atomic E-state index is -0.326. The lowest BCUT2D eigenvalue weighted by molar-refractivity contribution is -0.428. The van der Waals surface area contributed by atoms with E-state index in [0.29, 0.717) is 12.8 Å². The zero-order valence-electron chi connectivity index (χ0n) is 15.6. The first-order chi connectivity index (χ1) is 11.6. The van der Waals surface area contributed by atoms with Crippen molar-refractivity contribution in [2.75, 3.05) is 7.11 Å². The molecule has 0 aliphatic heterocycles. The van der Waals surface area contributed by atoms with Crippen LogP contribution in [0.5, 0.6) is 0 Å². The van der Waals surface area contributed by atoms with Gasteiger partial charge in [-0.25, -0.2) is 0 Å². The van der Waals surface area contributed by atoms with Gasteiger partial charge in [-0.15, -0.1) is 0 Å². The summed E-state index contributed by atoms with van der Waals surface area (Å²) in [6, 6.07) is 0. The van der Waals surface area contributed by atoms with Crippen LogP contribution < -0.4 is 0 Å². The summed E-state index contributed by atoms with van der Waals surface area (Å²) in [6.45, 7) is 2.23. The van der Waals surface area contributed by atoms with E-state index in [-0.39, 0.29) is 23.0 Å². The lowest BCUT2D eigenvalue weighted by Gasteiger charge is -2.02. The number of carbonyl (C=O) groups is 1. The predicted molar refractivity (Wildman–Crippen MR) is 97.4 cm³/mol. The number of carbonyl (C=O) groups excluding carboxylic acids is 1. The third-order valence-electron chi connectivity index (χ3n) is 4.21. The Bertz CT molecular complexity index is 366. The van der Waals surface area contributed by atoms with Gasteiger partial charge in [0.05, 0.1) is 12.0 Å². The molecule has 0 aromatic carbocycles. The number of rotatable bonds is 16. The van der Waals surface area contributed by atoms with Crippen molar-refractivity contribution in [2.24, 2.45) is 0 Å². The summed E-state index contributed by atoms with van der Waals surface area (Å²) >= 11 is 0. The molecular formula is C19H35NO4. The van der Waals surface area contributed by atoms with Crippen molar-refractivity contribution in [1.29, 1.82) is 0 Å². The highest BCUT2D eigenvalue weighted by Crippen LogP contribution is 2.14. The second-order valence-electron chi connectivity index (χ2n) is 6.35. The highest BCUT2D eigenvalue weighted by Gasteiger charge is 2.11. The molecule has 0 fully saturated rings. The molecule has 0 aliphatic rings. The summed E-state index contributed by atoms with van der Waals surface area (Å²) in [6.07, 6.45) is 16.2. The first-order valence-corrected chi connectivity index (χ1v) is 9.52. The highest BCUT2D eigenvalue weighted by atomic mass is 16.6. The van der Waals surface area contributed by atoms with Crippen LogP contribution in [0.1, 0.15) is 96.8 Å². The second-order valence-corrected chi connectivity index (χ2v) is 6.35. The van der Waals surface area contributed by atoms with Crippen LogP contribution in [0.4, 0.5) is 0 Å². The SMILES string of the molecule is CCCCCCCCCCCC/C=C(\CCCC(=O)OC)[N+](=O)[O-]. The third-order valence-corrected chi connectivity index (χ3v) is 4.21. The Morgan fingerprint density at radius 2 is 1.46 bits per heavy atom. The van der Waals surface area contributed by atoms with Crippen LogP contribution in [0.3, 0.4) is 0 Å². The standard InChI is InChI=1S/C19H35NO4/c1-3-4-5-6-7-8-9-10-11-12-13-15-18(20(22)23)16-14-17-19(21)24-2/h15H,3-14,16-17H2,1-2H3/b18-15+. The van der Waals surface area contributed by atoms with Gasteiger partial charge in [-0.1, -0.05) is 64.7 Å². The molecule has 24 heavy (non-hydrogen) atoms. The Morgan fingerprint density at radius 3 is 1.96 bits per heavy atom. The Balaban J connectivity index is 3.65. The lowest BCUT2D eigenvalue weighted by atomic mass is 10.1.